The van der Waals surface area contributed by atoms with E-state index >= 15 is 0 Å². The van der Waals surface area contributed by atoms with Crippen LogP contribution in [0, 0.1) is 0 Å². The summed E-state index contributed by atoms with van der Waals surface area (Å²) < 4.78 is 0. The topological polar surface area (TPSA) is 49.4 Å². The predicted molar refractivity (Wildman–Crippen MR) is 57.4 cm³/mol. The van der Waals surface area contributed by atoms with E-state index in [0.717, 1.165) is 5.69 Å². The maximum atomic E-state index is 11.3. The highest BCUT2D eigenvalue weighted by atomic mass is 35.5. The Kier molecular flexibility index (Phi) is 2.60. The van der Waals surface area contributed by atoms with Gasteiger partial charge in [-0.05, 0) is 35.9 Å². The van der Waals surface area contributed by atoms with Gasteiger partial charge in [0.25, 0.3) is 5.24 Å². The van der Waals surface area contributed by atoms with Crippen LogP contribution in [0.5, 0.6) is 0 Å². The molecule has 1 aromatic rings. The second kappa shape index (κ2) is 3.90. The number of benzene rings is 1. The maximum Gasteiger partial charge on any atom is 0.321 e. The van der Waals surface area contributed by atoms with E-state index in [1.807, 2.05) is 0 Å². The van der Waals surface area contributed by atoms with Crippen molar-refractivity contribution in [1.29, 1.82) is 0 Å². The molecule has 1 N–H and O–H groups in total. The van der Waals surface area contributed by atoms with Crippen molar-refractivity contribution >= 4 is 28.6 Å². The zero-order chi connectivity index (χ0) is 10.8. The molecule has 1 aromatic carbocycles. The molecular formula is C10H9ClN2O2. The molecule has 78 valence electrons. The molecular weight excluding hydrogens is 216 g/mol. The predicted octanol–water partition coefficient (Wildman–Crippen LogP) is 1.60. The van der Waals surface area contributed by atoms with E-state index in [1.54, 1.807) is 29.2 Å². The summed E-state index contributed by atoms with van der Waals surface area (Å²) in [7, 11) is 0. The van der Waals surface area contributed by atoms with E-state index in [9.17, 15) is 9.59 Å². The van der Waals surface area contributed by atoms with E-state index < -0.39 is 5.24 Å². The van der Waals surface area contributed by atoms with Crippen LogP contribution in [0.3, 0.4) is 0 Å². The summed E-state index contributed by atoms with van der Waals surface area (Å²) >= 11 is 5.31. The van der Waals surface area contributed by atoms with Gasteiger partial charge in [-0.25, -0.2) is 4.79 Å². The Morgan fingerprint density at radius 3 is 2.47 bits per heavy atom. The molecule has 15 heavy (non-hydrogen) atoms. The molecule has 0 saturated carbocycles. The van der Waals surface area contributed by atoms with Gasteiger partial charge in [-0.1, -0.05) is 0 Å². The lowest BCUT2D eigenvalue weighted by Gasteiger charge is -2.13. The van der Waals surface area contributed by atoms with Crippen molar-refractivity contribution in [2.75, 3.05) is 18.0 Å². The summed E-state index contributed by atoms with van der Waals surface area (Å²) in [4.78, 5) is 23.7. The Labute approximate surface area is 91.8 Å². The number of urea groups is 1. The van der Waals surface area contributed by atoms with Crippen molar-refractivity contribution in [1.82, 2.24) is 5.32 Å². The van der Waals surface area contributed by atoms with Crippen LogP contribution in [-0.2, 0) is 0 Å². The van der Waals surface area contributed by atoms with E-state index in [-0.39, 0.29) is 6.03 Å². The van der Waals surface area contributed by atoms with Gasteiger partial charge in [0.15, 0.2) is 0 Å². The highest BCUT2D eigenvalue weighted by molar-refractivity contribution is 6.67. The first kappa shape index (κ1) is 9.98. The number of nitrogens with zero attached hydrogens (tertiary/aromatic N) is 1. The number of carbonyl (C=O) groups excluding carboxylic acids is 2. The van der Waals surface area contributed by atoms with Gasteiger partial charge in [0.05, 0.1) is 0 Å². The van der Waals surface area contributed by atoms with Crippen LogP contribution in [0.25, 0.3) is 0 Å². The highest BCUT2D eigenvalue weighted by Crippen LogP contribution is 2.17. The Bertz CT molecular complexity index is 402. The van der Waals surface area contributed by atoms with Crippen LogP contribution < -0.4 is 10.2 Å². The van der Waals surface area contributed by atoms with Crippen LogP contribution in [0.1, 0.15) is 10.4 Å². The van der Waals surface area contributed by atoms with Crippen molar-refractivity contribution < 1.29 is 9.59 Å². The third-order valence-corrected chi connectivity index (χ3v) is 2.48. The van der Waals surface area contributed by atoms with Crippen LogP contribution >= 0.6 is 11.6 Å². The van der Waals surface area contributed by atoms with E-state index in [1.165, 1.54) is 0 Å². The fourth-order valence-corrected chi connectivity index (χ4v) is 1.62. The molecule has 1 saturated heterocycles. The van der Waals surface area contributed by atoms with Crippen molar-refractivity contribution in [3.05, 3.63) is 29.8 Å². The maximum absolute atomic E-state index is 11.3. The average Bonchev–Trinajstić information content (AvgIpc) is 2.65. The Morgan fingerprint density at radius 2 is 2.00 bits per heavy atom. The first-order valence-electron chi connectivity index (χ1n) is 4.54. The highest BCUT2D eigenvalue weighted by Gasteiger charge is 2.20. The lowest BCUT2D eigenvalue weighted by Crippen LogP contribution is -2.27. The SMILES string of the molecule is O=C(Cl)c1ccc(N2CCNC2=O)cc1. The largest absolute Gasteiger partial charge is 0.336 e. The number of rotatable bonds is 2. The molecule has 5 heteroatoms. The number of nitrogens with one attached hydrogen (secondary N) is 1. The Balaban J connectivity index is 2.23. The molecule has 4 nitrogen and oxygen atoms in total. The quantitative estimate of drug-likeness (QED) is 0.776. The van der Waals surface area contributed by atoms with Gasteiger partial charge in [0, 0.05) is 24.3 Å². The summed E-state index contributed by atoms with van der Waals surface area (Å²) in [5.41, 5.74) is 1.20. The van der Waals surface area contributed by atoms with Gasteiger partial charge in [-0.3, -0.25) is 9.69 Å². The molecule has 1 aliphatic rings. The van der Waals surface area contributed by atoms with Gasteiger partial charge < -0.3 is 5.32 Å². The van der Waals surface area contributed by atoms with Crippen molar-refractivity contribution in [3.8, 4) is 0 Å². The standard InChI is InChI=1S/C10H9ClN2O2/c11-9(14)7-1-3-8(4-2-7)13-6-5-12-10(13)15/h1-4H,5-6H2,(H,12,15). The molecule has 1 fully saturated rings. The number of halogens is 1. The molecule has 1 aliphatic heterocycles. The third kappa shape index (κ3) is 1.94. The molecule has 0 bridgehead atoms. The number of anilines is 1. The number of amides is 2. The van der Waals surface area contributed by atoms with Gasteiger partial charge in [-0.2, -0.15) is 0 Å². The van der Waals surface area contributed by atoms with E-state index in [4.69, 9.17) is 11.6 Å². The lowest BCUT2D eigenvalue weighted by atomic mass is 10.2. The third-order valence-electron chi connectivity index (χ3n) is 2.26. The Morgan fingerprint density at radius 1 is 1.33 bits per heavy atom. The van der Waals surface area contributed by atoms with Crippen molar-refractivity contribution in [3.63, 3.8) is 0 Å². The van der Waals surface area contributed by atoms with Gasteiger partial charge in [0.2, 0.25) is 0 Å². The average molecular weight is 225 g/mol. The molecule has 2 amide bonds. The Hall–Kier alpha value is -1.55. The number of carbonyl (C=O) groups is 2. The molecule has 0 radical (unpaired) electrons. The minimum Gasteiger partial charge on any atom is -0.336 e. The smallest absolute Gasteiger partial charge is 0.321 e. The van der Waals surface area contributed by atoms with Crippen molar-refractivity contribution in [2.24, 2.45) is 0 Å². The zero-order valence-corrected chi connectivity index (χ0v) is 8.62. The summed E-state index contributed by atoms with van der Waals surface area (Å²) in [5.74, 6) is 0. The molecule has 1 heterocycles. The fourth-order valence-electron chi connectivity index (χ4n) is 1.49. The van der Waals surface area contributed by atoms with Gasteiger partial charge in [-0.15, -0.1) is 0 Å². The molecule has 0 unspecified atom stereocenters. The molecule has 0 spiro atoms. The molecule has 2 rings (SSSR count). The second-order valence-electron chi connectivity index (χ2n) is 3.20. The summed E-state index contributed by atoms with van der Waals surface area (Å²) in [6.07, 6.45) is 0. The van der Waals surface area contributed by atoms with Gasteiger partial charge >= 0.3 is 6.03 Å². The second-order valence-corrected chi connectivity index (χ2v) is 3.55. The van der Waals surface area contributed by atoms with E-state index in [2.05, 4.69) is 5.32 Å². The van der Waals surface area contributed by atoms with Crippen molar-refractivity contribution in [2.45, 2.75) is 0 Å². The molecule has 0 aromatic heterocycles. The van der Waals surface area contributed by atoms with Crippen LogP contribution in [0.4, 0.5) is 10.5 Å². The minimum absolute atomic E-state index is 0.111. The van der Waals surface area contributed by atoms with Crippen LogP contribution in [-0.4, -0.2) is 24.4 Å². The fraction of sp³-hybridized carbons (Fsp3) is 0.200. The summed E-state index contributed by atoms with van der Waals surface area (Å²) in [5, 5.41) is 2.21. The summed E-state index contributed by atoms with van der Waals surface area (Å²) in [6, 6.07) is 6.52. The summed E-state index contributed by atoms with van der Waals surface area (Å²) in [6.45, 7) is 1.29. The van der Waals surface area contributed by atoms with Gasteiger partial charge in [0.1, 0.15) is 0 Å². The normalized spacial score (nSPS) is 15.3. The molecule has 0 atom stereocenters. The zero-order valence-electron chi connectivity index (χ0n) is 7.87. The lowest BCUT2D eigenvalue weighted by molar-refractivity contribution is 0.108. The molecule has 0 aliphatic carbocycles. The van der Waals surface area contributed by atoms with Crippen LogP contribution in [0.2, 0.25) is 0 Å². The number of hydrogen-bond donors (Lipinski definition) is 1. The first-order chi connectivity index (χ1) is 7.18. The minimum atomic E-state index is -0.493. The van der Waals surface area contributed by atoms with Crippen LogP contribution in [0.15, 0.2) is 24.3 Å². The monoisotopic (exact) mass is 224 g/mol. The first-order valence-corrected chi connectivity index (χ1v) is 4.91. The van der Waals surface area contributed by atoms with E-state index in [0.29, 0.717) is 18.7 Å². The number of hydrogen-bond acceptors (Lipinski definition) is 2.